The lowest BCUT2D eigenvalue weighted by atomic mass is 10.1. The van der Waals surface area contributed by atoms with Crippen molar-refractivity contribution in [3.8, 4) is 5.75 Å². The summed E-state index contributed by atoms with van der Waals surface area (Å²) in [5, 5.41) is 3.42. The van der Waals surface area contributed by atoms with E-state index in [-0.39, 0.29) is 23.8 Å². The number of nitrogens with zero attached hydrogens (tertiary/aromatic N) is 2. The second-order valence-corrected chi connectivity index (χ2v) is 10.1. The average molecular weight is 560 g/mol. The number of alkyl halides is 3. The zero-order chi connectivity index (χ0) is 28.0. The van der Waals surface area contributed by atoms with Gasteiger partial charge in [-0.1, -0.05) is 6.07 Å². The van der Waals surface area contributed by atoms with E-state index in [2.05, 4.69) is 10.3 Å². The van der Waals surface area contributed by atoms with Gasteiger partial charge in [0.2, 0.25) is 11.2 Å². The molecular formula is C28H28F3N3O4S. The second-order valence-electron chi connectivity index (χ2n) is 8.98. The van der Waals surface area contributed by atoms with Crippen LogP contribution < -0.4 is 15.5 Å². The van der Waals surface area contributed by atoms with E-state index in [1.807, 2.05) is 19.9 Å². The highest BCUT2D eigenvalue weighted by molar-refractivity contribution is 7.99. The molecule has 1 amide bonds. The summed E-state index contributed by atoms with van der Waals surface area (Å²) in [6.45, 7) is 4.18. The van der Waals surface area contributed by atoms with Gasteiger partial charge in [-0.2, -0.15) is 13.2 Å². The fraction of sp³-hybridized carbons (Fsp3) is 0.321. The second kappa shape index (κ2) is 12.4. The van der Waals surface area contributed by atoms with Crippen LogP contribution in [0, 0.1) is 13.8 Å². The number of amides is 1. The molecule has 0 spiro atoms. The summed E-state index contributed by atoms with van der Waals surface area (Å²) in [4.78, 5) is 29.6. The van der Waals surface area contributed by atoms with Gasteiger partial charge in [0.25, 0.3) is 0 Å². The molecule has 3 heterocycles. The minimum atomic E-state index is -4.40. The highest BCUT2D eigenvalue weighted by atomic mass is 32.2. The molecule has 0 unspecified atom stereocenters. The van der Waals surface area contributed by atoms with E-state index < -0.39 is 11.7 Å². The Kier molecular flexibility index (Phi) is 9.01. The maximum atomic E-state index is 13.0. The summed E-state index contributed by atoms with van der Waals surface area (Å²) in [6.07, 6.45) is 2.50. The number of carbonyl (C=O) groups is 1. The summed E-state index contributed by atoms with van der Waals surface area (Å²) in [7, 11) is 0. The Morgan fingerprint density at radius 1 is 1.13 bits per heavy atom. The molecule has 1 aromatic carbocycles. The molecular weight excluding hydrogens is 531 g/mol. The molecule has 7 nitrogen and oxygen atoms in total. The number of hydrogen-bond donors (Lipinski definition) is 1. The average Bonchev–Trinajstić information content (AvgIpc) is 3.24. The third-order valence-electron chi connectivity index (χ3n) is 6.22. The highest BCUT2D eigenvalue weighted by Gasteiger charge is 2.30. The lowest BCUT2D eigenvalue weighted by Gasteiger charge is -2.10. The summed E-state index contributed by atoms with van der Waals surface area (Å²) in [6, 6.07) is 8.26. The van der Waals surface area contributed by atoms with Crippen molar-refractivity contribution in [1.82, 2.24) is 14.9 Å². The minimum Gasteiger partial charge on any atom is -0.487 e. The van der Waals surface area contributed by atoms with Gasteiger partial charge >= 0.3 is 12.2 Å². The molecule has 0 aliphatic heterocycles. The molecule has 4 aromatic rings. The van der Waals surface area contributed by atoms with Gasteiger partial charge in [0.05, 0.1) is 24.2 Å². The normalized spacial score (nSPS) is 11.6. The van der Waals surface area contributed by atoms with Gasteiger partial charge in [-0.15, -0.1) is 11.8 Å². The van der Waals surface area contributed by atoms with Crippen molar-refractivity contribution >= 4 is 28.7 Å². The van der Waals surface area contributed by atoms with Crippen LogP contribution in [0.25, 0.3) is 10.9 Å². The van der Waals surface area contributed by atoms with E-state index in [4.69, 9.17) is 9.15 Å². The molecule has 0 bridgehead atoms. The fourth-order valence-electron chi connectivity index (χ4n) is 3.88. The van der Waals surface area contributed by atoms with Crippen LogP contribution in [0.1, 0.15) is 41.8 Å². The van der Waals surface area contributed by atoms with Crippen LogP contribution in [0.3, 0.4) is 0 Å². The first kappa shape index (κ1) is 28.3. The molecule has 0 radical (unpaired) electrons. The van der Waals surface area contributed by atoms with Crippen LogP contribution >= 0.6 is 11.8 Å². The van der Waals surface area contributed by atoms with E-state index in [0.717, 1.165) is 53.3 Å². The van der Waals surface area contributed by atoms with E-state index >= 15 is 0 Å². The van der Waals surface area contributed by atoms with Gasteiger partial charge in [0.15, 0.2) is 0 Å². The Labute approximate surface area is 227 Å². The van der Waals surface area contributed by atoms with E-state index in [9.17, 15) is 22.8 Å². The van der Waals surface area contributed by atoms with Crippen LogP contribution in [0.5, 0.6) is 5.75 Å². The minimum absolute atomic E-state index is 0.0684. The molecule has 0 aliphatic carbocycles. The van der Waals surface area contributed by atoms with Crippen molar-refractivity contribution < 1.29 is 27.1 Å². The zero-order valence-electron chi connectivity index (χ0n) is 21.5. The molecule has 39 heavy (non-hydrogen) atoms. The predicted molar refractivity (Wildman–Crippen MR) is 143 cm³/mol. The van der Waals surface area contributed by atoms with Crippen molar-refractivity contribution in [1.29, 1.82) is 0 Å². The van der Waals surface area contributed by atoms with Gasteiger partial charge in [-0.05, 0) is 68.7 Å². The number of fused-ring (bicyclic) bond motifs is 1. The number of pyridine rings is 1. The molecule has 206 valence electrons. The Balaban J connectivity index is 1.18. The number of carbonyl (C=O) groups excluding carboxylic acids is 1. The number of rotatable bonds is 10. The Bertz CT molecular complexity index is 1510. The smallest absolute Gasteiger partial charge is 0.416 e. The van der Waals surface area contributed by atoms with Crippen LogP contribution in [0.2, 0.25) is 0 Å². The first-order chi connectivity index (χ1) is 18.6. The van der Waals surface area contributed by atoms with Crippen molar-refractivity contribution in [2.75, 3.05) is 12.4 Å². The number of nitrogens with one attached hydrogen (secondary N) is 1. The maximum Gasteiger partial charge on any atom is 0.416 e. The number of thioether (sulfide) groups is 1. The number of halogens is 3. The summed E-state index contributed by atoms with van der Waals surface area (Å²) in [5.74, 6) is 1.21. The van der Waals surface area contributed by atoms with Gasteiger partial charge in [0, 0.05) is 34.4 Å². The van der Waals surface area contributed by atoms with Crippen molar-refractivity contribution in [3.05, 3.63) is 87.9 Å². The summed E-state index contributed by atoms with van der Waals surface area (Å²) < 4.78 is 51.4. The SMILES string of the molecule is Cc1ccn(C(=O)NCc2cc(=O)c(OCCCCCSc3ccnc4cc(C(F)(F)F)ccc34)co2)c1C. The molecule has 3 aromatic heterocycles. The van der Waals surface area contributed by atoms with Crippen LogP contribution in [0.15, 0.2) is 69.2 Å². The fourth-order valence-corrected chi connectivity index (χ4v) is 4.94. The highest BCUT2D eigenvalue weighted by Crippen LogP contribution is 2.34. The molecule has 0 fully saturated rings. The molecule has 0 atom stereocenters. The van der Waals surface area contributed by atoms with Crippen molar-refractivity contribution in [2.24, 2.45) is 0 Å². The van der Waals surface area contributed by atoms with Gasteiger partial charge in [-0.25, -0.2) is 4.79 Å². The molecule has 11 heteroatoms. The molecule has 4 rings (SSSR count). The summed E-state index contributed by atoms with van der Waals surface area (Å²) >= 11 is 1.57. The van der Waals surface area contributed by atoms with Crippen LogP contribution in [0.4, 0.5) is 18.0 Å². The van der Waals surface area contributed by atoms with Gasteiger partial charge in [0.1, 0.15) is 12.0 Å². The first-order valence-electron chi connectivity index (χ1n) is 12.4. The first-order valence-corrected chi connectivity index (χ1v) is 13.4. The largest absolute Gasteiger partial charge is 0.487 e. The standard InChI is InChI=1S/C28H28F3N3O4S/c1-18-9-11-34(19(18)2)27(36)33-16-21-15-24(35)25(17-38-21)37-12-4-3-5-13-39-26-8-10-32-23-14-20(28(29,30)31)6-7-22(23)26/h6-11,14-15,17H,3-5,12-13,16H2,1-2H3,(H,33,36). The Morgan fingerprint density at radius 2 is 1.95 bits per heavy atom. The number of benzene rings is 1. The van der Waals surface area contributed by atoms with Crippen molar-refractivity contribution in [2.45, 2.75) is 50.7 Å². The zero-order valence-corrected chi connectivity index (χ0v) is 22.3. The van der Waals surface area contributed by atoms with Crippen LogP contribution in [-0.4, -0.2) is 27.9 Å². The quantitative estimate of drug-likeness (QED) is 0.171. The van der Waals surface area contributed by atoms with E-state index in [0.29, 0.717) is 23.3 Å². The van der Waals surface area contributed by atoms with E-state index in [1.54, 1.807) is 24.0 Å². The number of unbranched alkanes of at least 4 members (excludes halogenated alkanes) is 2. The number of ether oxygens (including phenoxy) is 1. The van der Waals surface area contributed by atoms with Gasteiger partial charge in [-0.3, -0.25) is 14.3 Å². The third-order valence-corrected chi connectivity index (χ3v) is 7.38. The molecule has 0 saturated carbocycles. The molecule has 1 N–H and O–H groups in total. The number of hydrogen-bond acceptors (Lipinski definition) is 6. The summed E-state index contributed by atoms with van der Waals surface area (Å²) in [5.41, 5.74) is 1.13. The Hall–Kier alpha value is -3.73. The molecule has 0 saturated heterocycles. The van der Waals surface area contributed by atoms with Gasteiger partial charge < -0.3 is 14.5 Å². The maximum absolute atomic E-state index is 13.0. The molecule has 0 aliphatic rings. The third kappa shape index (κ3) is 7.23. The topological polar surface area (TPSA) is 86.4 Å². The van der Waals surface area contributed by atoms with E-state index in [1.165, 1.54) is 29.2 Å². The van der Waals surface area contributed by atoms with Crippen molar-refractivity contribution in [3.63, 3.8) is 0 Å². The van der Waals surface area contributed by atoms with Crippen LogP contribution in [-0.2, 0) is 12.7 Å². The monoisotopic (exact) mass is 559 g/mol. The predicted octanol–water partition coefficient (Wildman–Crippen LogP) is 6.72. The number of aromatic nitrogens is 2. The Morgan fingerprint density at radius 3 is 2.67 bits per heavy atom. The lowest BCUT2D eigenvalue weighted by Crippen LogP contribution is -2.28. The number of aryl methyl sites for hydroxylation is 1. The lowest BCUT2D eigenvalue weighted by molar-refractivity contribution is -0.137.